The molecule has 0 aliphatic heterocycles. The number of benzene rings is 3. The molecule has 4 aromatic rings. The van der Waals surface area contributed by atoms with Crippen LogP contribution < -0.4 is 24.8 Å². The molecule has 7 heteroatoms. The third-order valence-electron chi connectivity index (χ3n) is 5.66. The Morgan fingerprint density at radius 1 is 1.06 bits per heavy atom. The summed E-state index contributed by atoms with van der Waals surface area (Å²) in [6.07, 6.45) is 1.73. The van der Waals surface area contributed by atoms with Gasteiger partial charge in [-0.2, -0.15) is 5.26 Å². The molecule has 0 atom stereocenters. The van der Waals surface area contributed by atoms with Crippen molar-refractivity contribution in [3.63, 3.8) is 0 Å². The molecule has 1 aromatic heterocycles. The number of ether oxygens (including phenoxy) is 1. The Morgan fingerprint density at radius 3 is 2.47 bits per heavy atom. The van der Waals surface area contributed by atoms with Gasteiger partial charge in [-0.1, -0.05) is 42.5 Å². The van der Waals surface area contributed by atoms with Crippen molar-refractivity contribution < 1.29 is 9.53 Å². The molecule has 0 aliphatic rings. The number of thiazole rings is 1. The lowest BCUT2D eigenvalue weighted by molar-refractivity contribution is -0.111. The molecule has 180 valence electrons. The normalized spacial score (nSPS) is 12.1. The van der Waals surface area contributed by atoms with Gasteiger partial charge in [-0.15, -0.1) is 11.3 Å². The predicted molar refractivity (Wildman–Crippen MR) is 144 cm³/mol. The number of carbonyl (C=O) groups is 1. The molecule has 4 rings (SSSR count). The highest BCUT2D eigenvalue weighted by atomic mass is 32.1. The molecule has 0 saturated carbocycles. The molecule has 0 fully saturated rings. The molecular formula is C29H25N3O3S. The summed E-state index contributed by atoms with van der Waals surface area (Å²) in [5, 5.41) is 12.8. The van der Waals surface area contributed by atoms with Gasteiger partial charge < -0.3 is 10.1 Å². The summed E-state index contributed by atoms with van der Waals surface area (Å²) in [5.74, 6) is 0.0746. The molecule has 0 aliphatic carbocycles. The molecule has 36 heavy (non-hydrogen) atoms. The first-order valence-electron chi connectivity index (χ1n) is 11.5. The maximum Gasteiger partial charge on any atom is 0.273 e. The van der Waals surface area contributed by atoms with Crippen LogP contribution in [0.1, 0.15) is 23.6 Å². The smallest absolute Gasteiger partial charge is 0.273 e. The van der Waals surface area contributed by atoms with E-state index in [9.17, 15) is 14.9 Å². The number of hydrogen-bond donors (Lipinski definition) is 1. The van der Waals surface area contributed by atoms with Crippen LogP contribution in [0.25, 0.3) is 17.3 Å². The lowest BCUT2D eigenvalue weighted by Crippen LogP contribution is -2.32. The Kier molecular flexibility index (Phi) is 7.47. The maximum atomic E-state index is 13.6. The number of nitriles is 1. The van der Waals surface area contributed by atoms with Crippen LogP contribution in [-0.4, -0.2) is 17.1 Å². The van der Waals surface area contributed by atoms with Gasteiger partial charge in [0.05, 0.1) is 16.8 Å². The second-order valence-electron chi connectivity index (χ2n) is 8.10. The number of amides is 1. The van der Waals surface area contributed by atoms with Gasteiger partial charge in [0.25, 0.3) is 11.5 Å². The van der Waals surface area contributed by atoms with E-state index in [0.29, 0.717) is 28.3 Å². The van der Waals surface area contributed by atoms with Crippen molar-refractivity contribution in [2.45, 2.75) is 20.8 Å². The minimum absolute atomic E-state index is 0.142. The summed E-state index contributed by atoms with van der Waals surface area (Å²) in [5.41, 5.74) is 3.55. The van der Waals surface area contributed by atoms with E-state index in [-0.39, 0.29) is 15.8 Å². The van der Waals surface area contributed by atoms with Crippen LogP contribution >= 0.6 is 11.3 Å². The van der Waals surface area contributed by atoms with E-state index in [1.54, 1.807) is 36.4 Å². The Balaban J connectivity index is 1.94. The van der Waals surface area contributed by atoms with Crippen molar-refractivity contribution in [1.29, 1.82) is 5.26 Å². The Morgan fingerprint density at radius 2 is 1.78 bits per heavy atom. The van der Waals surface area contributed by atoms with Crippen LogP contribution in [-0.2, 0) is 4.79 Å². The number of para-hydroxylation sites is 2. The van der Waals surface area contributed by atoms with Gasteiger partial charge in [0.1, 0.15) is 16.5 Å². The van der Waals surface area contributed by atoms with Gasteiger partial charge in [-0.3, -0.25) is 14.2 Å². The zero-order chi connectivity index (χ0) is 25.7. The summed E-state index contributed by atoms with van der Waals surface area (Å²) in [7, 11) is 0. The topological polar surface area (TPSA) is 84.1 Å². The highest BCUT2D eigenvalue weighted by Gasteiger charge is 2.17. The molecule has 0 spiro atoms. The Hall–Kier alpha value is -4.41. The molecule has 0 unspecified atom stereocenters. The minimum Gasteiger partial charge on any atom is -0.493 e. The SMILES string of the molecule is CCOc1ccccc1/C=c1/s/c(=C(\C#N)C(=O)Nc2ccc(C)c(C)c2)n(-c2ccccc2)c1=O. The second kappa shape index (κ2) is 10.9. The highest BCUT2D eigenvalue weighted by molar-refractivity contribution is 7.07. The maximum absolute atomic E-state index is 13.6. The Labute approximate surface area is 213 Å². The molecule has 1 heterocycles. The fraction of sp³-hybridized carbons (Fsp3) is 0.138. The highest BCUT2D eigenvalue weighted by Crippen LogP contribution is 2.18. The van der Waals surface area contributed by atoms with Crippen molar-refractivity contribution in [3.05, 3.63) is 109 Å². The lowest BCUT2D eigenvalue weighted by Gasteiger charge is -2.07. The van der Waals surface area contributed by atoms with E-state index in [0.717, 1.165) is 28.0 Å². The number of nitrogens with one attached hydrogen (secondary N) is 1. The van der Waals surface area contributed by atoms with Gasteiger partial charge >= 0.3 is 0 Å². The van der Waals surface area contributed by atoms with E-state index < -0.39 is 5.91 Å². The third-order valence-corrected chi connectivity index (χ3v) is 6.75. The zero-order valence-electron chi connectivity index (χ0n) is 20.2. The molecule has 6 nitrogen and oxygen atoms in total. The van der Waals surface area contributed by atoms with Crippen molar-refractivity contribution >= 4 is 34.6 Å². The average molecular weight is 496 g/mol. The zero-order valence-corrected chi connectivity index (χ0v) is 21.1. The molecule has 1 N–H and O–H groups in total. The molecule has 0 radical (unpaired) electrons. The molecule has 3 aromatic carbocycles. The molecule has 0 bridgehead atoms. The first kappa shape index (κ1) is 24.7. The predicted octanol–water partition coefficient (Wildman–Crippen LogP) is 4.06. The van der Waals surface area contributed by atoms with Crippen molar-refractivity contribution in [2.75, 3.05) is 11.9 Å². The summed E-state index contributed by atoms with van der Waals surface area (Å²) in [6.45, 7) is 6.32. The first-order valence-corrected chi connectivity index (χ1v) is 12.3. The van der Waals surface area contributed by atoms with E-state index in [4.69, 9.17) is 4.74 Å². The molecular weight excluding hydrogens is 470 g/mol. The Bertz CT molecular complexity index is 1640. The first-order chi connectivity index (χ1) is 17.4. The number of hydrogen-bond acceptors (Lipinski definition) is 5. The van der Waals surface area contributed by atoms with Crippen LogP contribution in [0.4, 0.5) is 5.69 Å². The number of aryl methyl sites for hydroxylation is 2. The fourth-order valence-electron chi connectivity index (χ4n) is 3.70. The molecule has 1 amide bonds. The lowest BCUT2D eigenvalue weighted by atomic mass is 10.1. The number of rotatable bonds is 6. The largest absolute Gasteiger partial charge is 0.493 e. The van der Waals surface area contributed by atoms with Crippen molar-refractivity contribution in [2.24, 2.45) is 0 Å². The summed E-state index contributed by atoms with van der Waals surface area (Å²) in [6, 6.07) is 24.0. The molecule has 0 saturated heterocycles. The summed E-state index contributed by atoms with van der Waals surface area (Å²) < 4.78 is 7.76. The summed E-state index contributed by atoms with van der Waals surface area (Å²) in [4.78, 5) is 26.8. The van der Waals surface area contributed by atoms with Crippen LogP contribution in [0.2, 0.25) is 0 Å². The van der Waals surface area contributed by atoms with Crippen LogP contribution in [0.5, 0.6) is 5.75 Å². The van der Waals surface area contributed by atoms with Crippen molar-refractivity contribution in [1.82, 2.24) is 4.57 Å². The standard InChI is InChI=1S/C29H25N3O3S/c1-4-35-25-13-9-8-10-21(25)17-26-28(34)32(23-11-6-5-7-12-23)29(36-26)24(18-30)27(33)31-22-15-14-19(2)20(3)16-22/h5-17H,4H2,1-3H3,(H,31,33)/b26-17+,29-24+. The number of anilines is 1. The van der Waals surface area contributed by atoms with E-state index >= 15 is 0 Å². The number of nitrogens with zero attached hydrogens (tertiary/aromatic N) is 2. The average Bonchev–Trinajstić information content (AvgIpc) is 3.19. The van der Waals surface area contributed by atoms with Gasteiger partial charge in [0.2, 0.25) is 0 Å². The van der Waals surface area contributed by atoms with Gasteiger partial charge in [-0.25, -0.2) is 0 Å². The van der Waals surface area contributed by atoms with Crippen LogP contribution in [0, 0.1) is 25.2 Å². The quantitative estimate of drug-likeness (QED) is 0.437. The van der Waals surface area contributed by atoms with Gasteiger partial charge in [0, 0.05) is 11.3 Å². The van der Waals surface area contributed by atoms with E-state index in [2.05, 4.69) is 5.32 Å². The minimum atomic E-state index is -0.576. The summed E-state index contributed by atoms with van der Waals surface area (Å²) >= 11 is 1.10. The van der Waals surface area contributed by atoms with Gasteiger partial charge in [-0.05, 0) is 68.3 Å². The van der Waals surface area contributed by atoms with Crippen LogP contribution in [0.15, 0.2) is 77.6 Å². The third kappa shape index (κ3) is 5.14. The number of carbonyl (C=O) groups excluding carboxylic acids is 1. The second-order valence-corrected chi connectivity index (χ2v) is 9.13. The van der Waals surface area contributed by atoms with Crippen molar-refractivity contribution in [3.8, 4) is 17.5 Å². The van der Waals surface area contributed by atoms with E-state index in [1.165, 1.54) is 4.57 Å². The van der Waals surface area contributed by atoms with E-state index in [1.807, 2.05) is 69.3 Å². The van der Waals surface area contributed by atoms with Gasteiger partial charge in [0.15, 0.2) is 5.57 Å². The monoisotopic (exact) mass is 495 g/mol. The fourth-order valence-corrected chi connectivity index (χ4v) is 4.79. The number of aromatic nitrogens is 1. The van der Waals surface area contributed by atoms with Crippen LogP contribution in [0.3, 0.4) is 0 Å².